The number of carbonyl (C=O) groups is 1. The minimum absolute atomic E-state index is 0.170. The fraction of sp³-hybridized carbons (Fsp3) is 0.778. The summed E-state index contributed by atoms with van der Waals surface area (Å²) in [6.45, 7) is 7.09. The van der Waals surface area contributed by atoms with Gasteiger partial charge < -0.3 is 10.5 Å². The third-order valence-electron chi connectivity index (χ3n) is 6.21. The van der Waals surface area contributed by atoms with E-state index < -0.39 is 0 Å². The number of nitrogens with zero attached hydrogens (tertiary/aromatic N) is 1. The monoisotopic (exact) mass is 433 g/mol. The van der Waals surface area contributed by atoms with Gasteiger partial charge in [-0.25, -0.2) is 0 Å². The maximum atomic E-state index is 12.3. The number of nitrogen functional groups attached to an aromatic ring is 1. The van der Waals surface area contributed by atoms with Crippen LogP contribution in [0, 0.1) is 0 Å². The largest absolute Gasteiger partial charge is 0.399 e. The topological polar surface area (TPSA) is 56.2 Å². The molecule has 2 N–H and O–H groups in total. The van der Waals surface area contributed by atoms with E-state index in [9.17, 15) is 4.79 Å². The molecule has 31 heavy (non-hydrogen) atoms. The van der Waals surface area contributed by atoms with Crippen LogP contribution in [0.25, 0.3) is 0 Å². The van der Waals surface area contributed by atoms with Crippen LogP contribution in [-0.4, -0.2) is 5.97 Å². The van der Waals surface area contributed by atoms with Crippen LogP contribution in [0.15, 0.2) is 12.3 Å². The van der Waals surface area contributed by atoms with Crippen LogP contribution in [0.2, 0.25) is 0 Å². The number of carbonyl (C=O) groups excluding carboxylic acids is 1. The van der Waals surface area contributed by atoms with Crippen LogP contribution in [-0.2, 0) is 17.8 Å². The van der Waals surface area contributed by atoms with Crippen molar-refractivity contribution in [3.05, 3.63) is 17.8 Å². The summed E-state index contributed by atoms with van der Waals surface area (Å²) in [5, 5.41) is 0. The molecule has 4 nitrogen and oxygen atoms in total. The fourth-order valence-electron chi connectivity index (χ4n) is 4.10. The van der Waals surface area contributed by atoms with Gasteiger partial charge in [0, 0.05) is 12.5 Å². The Bertz CT molecular complexity index is 601. The van der Waals surface area contributed by atoms with E-state index in [4.69, 9.17) is 10.5 Å². The fourth-order valence-corrected chi connectivity index (χ4v) is 4.10. The molecule has 0 aliphatic rings. The van der Waals surface area contributed by atoms with Crippen LogP contribution in [0.3, 0.4) is 0 Å². The number of aromatic nitrogens is 1. The van der Waals surface area contributed by atoms with Gasteiger partial charge in [-0.2, -0.15) is 4.57 Å². The van der Waals surface area contributed by atoms with E-state index in [1.165, 1.54) is 83.5 Å². The van der Waals surface area contributed by atoms with Crippen LogP contribution in [0.5, 0.6) is 5.88 Å². The molecule has 0 radical (unpaired) electrons. The van der Waals surface area contributed by atoms with Crippen molar-refractivity contribution in [3.8, 4) is 5.88 Å². The number of hydrogen-bond acceptors (Lipinski definition) is 3. The van der Waals surface area contributed by atoms with Crippen molar-refractivity contribution in [1.29, 1.82) is 0 Å². The van der Waals surface area contributed by atoms with E-state index in [-0.39, 0.29) is 5.97 Å². The Balaban J connectivity index is 2.03. The summed E-state index contributed by atoms with van der Waals surface area (Å²) in [5.74, 6) is 0.338. The van der Waals surface area contributed by atoms with E-state index in [1.54, 1.807) is 0 Å². The third kappa shape index (κ3) is 12.1. The normalized spacial score (nSPS) is 11.1. The first kappa shape index (κ1) is 27.5. The molecule has 0 unspecified atom stereocenters. The van der Waals surface area contributed by atoms with E-state index in [2.05, 4.69) is 13.8 Å². The molecule has 0 aliphatic carbocycles. The number of hydrogen-bond donors (Lipinski definition) is 1. The first-order valence-corrected chi connectivity index (χ1v) is 13.1. The van der Waals surface area contributed by atoms with Gasteiger partial charge in [-0.3, -0.25) is 4.79 Å². The molecule has 0 fully saturated rings. The highest BCUT2D eigenvalue weighted by Gasteiger charge is 2.21. The number of anilines is 1. The molecule has 1 aromatic rings. The molecule has 1 aromatic heterocycles. The van der Waals surface area contributed by atoms with Crippen molar-refractivity contribution in [3.63, 3.8) is 0 Å². The molecule has 0 aromatic carbocycles. The second kappa shape index (κ2) is 18.0. The number of ether oxygens (including phenoxy) is 1. The number of unbranched alkanes of at least 4 members (excludes halogenated alkanes) is 14. The van der Waals surface area contributed by atoms with E-state index in [0.29, 0.717) is 18.0 Å². The summed E-state index contributed by atoms with van der Waals surface area (Å²) >= 11 is 0. The number of pyridine rings is 1. The molecular formula is C27H49N2O2+. The van der Waals surface area contributed by atoms with Gasteiger partial charge in [0.05, 0.1) is 0 Å². The van der Waals surface area contributed by atoms with Crippen LogP contribution in [0.4, 0.5) is 5.69 Å². The van der Waals surface area contributed by atoms with Crippen LogP contribution in [0.1, 0.15) is 129 Å². The van der Waals surface area contributed by atoms with E-state index in [1.807, 2.05) is 23.8 Å². The summed E-state index contributed by atoms with van der Waals surface area (Å²) in [7, 11) is 0. The maximum absolute atomic E-state index is 12.3. The Kier molecular flexibility index (Phi) is 16.0. The van der Waals surface area contributed by atoms with Gasteiger partial charge in [0.2, 0.25) is 0 Å². The molecular weight excluding hydrogens is 384 g/mol. The molecule has 0 bridgehead atoms. The zero-order valence-corrected chi connectivity index (χ0v) is 20.7. The summed E-state index contributed by atoms with van der Waals surface area (Å²) in [6.07, 6.45) is 23.1. The molecule has 0 amide bonds. The standard InChI is InChI=1S/C27H49N2O2/c1-4-7-8-9-10-11-12-13-14-15-16-17-18-19-20-21-25(30)31-27-26(28)24(5-2)22-23-29(27)6-3/h22-23H,4-21,28H2,1-3H3/q+1. The molecule has 0 saturated heterocycles. The average Bonchev–Trinajstić information content (AvgIpc) is 2.77. The summed E-state index contributed by atoms with van der Waals surface area (Å²) < 4.78 is 7.53. The lowest BCUT2D eigenvalue weighted by Gasteiger charge is -2.09. The molecule has 0 saturated carbocycles. The molecule has 1 rings (SSSR count). The predicted octanol–water partition coefficient (Wildman–Crippen LogP) is 7.31. The Morgan fingerprint density at radius 3 is 1.74 bits per heavy atom. The number of rotatable bonds is 19. The first-order valence-electron chi connectivity index (χ1n) is 13.1. The lowest BCUT2D eigenvalue weighted by Crippen LogP contribution is -2.36. The van der Waals surface area contributed by atoms with Gasteiger partial charge in [0.25, 0.3) is 0 Å². The van der Waals surface area contributed by atoms with Gasteiger partial charge in [-0.1, -0.05) is 104 Å². The molecule has 178 valence electrons. The Morgan fingerprint density at radius 2 is 1.29 bits per heavy atom. The third-order valence-corrected chi connectivity index (χ3v) is 6.21. The number of nitrogens with two attached hydrogens (primary N) is 1. The molecule has 0 atom stereocenters. The highest BCUT2D eigenvalue weighted by molar-refractivity contribution is 5.73. The van der Waals surface area contributed by atoms with Crippen molar-refractivity contribution >= 4 is 11.7 Å². The molecule has 0 aliphatic heterocycles. The highest BCUT2D eigenvalue weighted by atomic mass is 16.5. The quantitative estimate of drug-likeness (QED) is 0.141. The first-order chi connectivity index (χ1) is 15.1. The van der Waals surface area contributed by atoms with Crippen molar-refractivity contribution < 1.29 is 14.1 Å². The maximum Gasteiger partial charge on any atom is 0.399 e. The Morgan fingerprint density at radius 1 is 0.806 bits per heavy atom. The average molecular weight is 434 g/mol. The van der Waals surface area contributed by atoms with Gasteiger partial charge in [-0.15, -0.1) is 0 Å². The van der Waals surface area contributed by atoms with E-state index in [0.717, 1.165) is 31.4 Å². The lowest BCUT2D eigenvalue weighted by molar-refractivity contribution is -0.696. The lowest BCUT2D eigenvalue weighted by atomic mass is 10.0. The SMILES string of the molecule is CCCCCCCCCCCCCCCCCC(=O)Oc1c(N)c(CC)cc[n+]1CC. The summed E-state index contributed by atoms with van der Waals surface area (Å²) in [4.78, 5) is 12.3. The molecule has 4 heteroatoms. The van der Waals surface area contributed by atoms with Crippen molar-refractivity contribution in [2.24, 2.45) is 0 Å². The number of aryl methyl sites for hydroxylation is 2. The van der Waals surface area contributed by atoms with Gasteiger partial charge >= 0.3 is 11.8 Å². The van der Waals surface area contributed by atoms with Gasteiger partial charge in [-0.05, 0) is 25.3 Å². The second-order valence-corrected chi connectivity index (χ2v) is 8.87. The summed E-state index contributed by atoms with van der Waals surface area (Å²) in [6, 6.07) is 2.00. The van der Waals surface area contributed by atoms with Crippen LogP contribution >= 0.6 is 0 Å². The minimum Gasteiger partial charge on any atom is -0.390 e. The Hall–Kier alpha value is -1.58. The number of esters is 1. The van der Waals surface area contributed by atoms with Crippen molar-refractivity contribution in [1.82, 2.24) is 0 Å². The summed E-state index contributed by atoms with van der Waals surface area (Å²) in [5.41, 5.74) is 7.83. The van der Waals surface area contributed by atoms with E-state index >= 15 is 0 Å². The minimum atomic E-state index is -0.170. The predicted molar refractivity (Wildman–Crippen MR) is 131 cm³/mol. The van der Waals surface area contributed by atoms with Gasteiger partial charge in [0.15, 0.2) is 6.20 Å². The van der Waals surface area contributed by atoms with Gasteiger partial charge in [0.1, 0.15) is 12.2 Å². The van der Waals surface area contributed by atoms with Crippen LogP contribution < -0.4 is 15.0 Å². The van der Waals surface area contributed by atoms with Crippen molar-refractivity contribution in [2.75, 3.05) is 5.73 Å². The highest BCUT2D eigenvalue weighted by Crippen LogP contribution is 2.22. The smallest absolute Gasteiger partial charge is 0.390 e. The molecule has 0 spiro atoms. The van der Waals surface area contributed by atoms with Crippen molar-refractivity contribution in [2.45, 2.75) is 136 Å². The Labute approximate surface area is 192 Å². The second-order valence-electron chi connectivity index (χ2n) is 8.87. The molecule has 1 heterocycles. The zero-order valence-electron chi connectivity index (χ0n) is 20.7. The zero-order chi connectivity index (χ0) is 22.7.